The van der Waals surface area contributed by atoms with E-state index < -0.39 is 12.1 Å². The Kier molecular flexibility index (Phi) is 64.4. The zero-order valence-electron chi connectivity index (χ0n) is 51.5. The van der Waals surface area contributed by atoms with E-state index >= 15 is 0 Å². The van der Waals surface area contributed by atoms with E-state index in [1.165, 1.54) is 302 Å². The molecule has 2 atom stereocenters. The van der Waals surface area contributed by atoms with Gasteiger partial charge in [-0.2, -0.15) is 0 Å². The lowest BCUT2D eigenvalue weighted by atomic mass is 10.0. The molecule has 6 nitrogen and oxygen atoms in total. The summed E-state index contributed by atoms with van der Waals surface area (Å²) >= 11 is 0. The second-order valence-electron chi connectivity index (χ2n) is 23.9. The van der Waals surface area contributed by atoms with Gasteiger partial charge in [0.05, 0.1) is 25.4 Å². The maximum Gasteiger partial charge on any atom is 0.305 e. The van der Waals surface area contributed by atoms with Crippen LogP contribution in [-0.4, -0.2) is 47.4 Å². The van der Waals surface area contributed by atoms with Crippen molar-refractivity contribution in [1.29, 1.82) is 0 Å². The highest BCUT2D eigenvalue weighted by Crippen LogP contribution is 2.19. The average Bonchev–Trinajstić information content (AvgIpc) is 3.42. The number of hydrogen-bond acceptors (Lipinski definition) is 5. The molecule has 0 fully saturated rings. The van der Waals surface area contributed by atoms with Crippen LogP contribution in [0.1, 0.15) is 386 Å². The number of hydrogen-bond donors (Lipinski definition) is 3. The molecule has 0 bridgehead atoms. The van der Waals surface area contributed by atoms with Gasteiger partial charge in [-0.05, 0) is 57.8 Å². The van der Waals surface area contributed by atoms with Gasteiger partial charge in [0.2, 0.25) is 5.91 Å². The summed E-state index contributed by atoms with van der Waals surface area (Å²) < 4.78 is 5.50. The van der Waals surface area contributed by atoms with Crippen LogP contribution in [0, 0.1) is 0 Å². The second-order valence-corrected chi connectivity index (χ2v) is 23.9. The van der Waals surface area contributed by atoms with Crippen LogP contribution in [-0.2, 0) is 14.3 Å². The van der Waals surface area contributed by atoms with Crippen molar-refractivity contribution >= 4 is 11.9 Å². The molecule has 0 radical (unpaired) electrons. The number of carbonyl (C=O) groups is 2. The number of ether oxygens (including phenoxy) is 1. The lowest BCUT2D eigenvalue weighted by molar-refractivity contribution is -0.143. The number of unbranched alkanes of at least 4 members (excludes halogenated alkanes) is 50. The molecule has 1 amide bonds. The molecule has 6 heteroatoms. The van der Waals surface area contributed by atoms with Crippen molar-refractivity contribution in [3.63, 3.8) is 0 Å². The molecule has 0 aliphatic rings. The van der Waals surface area contributed by atoms with E-state index in [1.807, 2.05) is 0 Å². The van der Waals surface area contributed by atoms with Gasteiger partial charge in [-0.15, -0.1) is 0 Å². The fourth-order valence-electron chi connectivity index (χ4n) is 11.0. The predicted octanol–water partition coefficient (Wildman–Crippen LogP) is 22.1. The second kappa shape index (κ2) is 65.9. The highest BCUT2D eigenvalue weighted by atomic mass is 16.5. The quantitative estimate of drug-likeness (QED) is 0.0320. The van der Waals surface area contributed by atoms with Crippen LogP contribution in [0.25, 0.3) is 0 Å². The maximum absolute atomic E-state index is 12.5. The highest BCUT2D eigenvalue weighted by Gasteiger charge is 2.20. The fourth-order valence-corrected chi connectivity index (χ4v) is 11.0. The molecule has 0 aromatic carbocycles. The summed E-state index contributed by atoms with van der Waals surface area (Å²) in [7, 11) is 0. The molecule has 0 aliphatic heterocycles. The van der Waals surface area contributed by atoms with E-state index in [1.54, 1.807) is 0 Å². The van der Waals surface area contributed by atoms with Crippen molar-refractivity contribution < 1.29 is 24.5 Å². The number of amides is 1. The molecule has 0 aromatic rings. The smallest absolute Gasteiger partial charge is 0.305 e. The minimum atomic E-state index is -0.662. The minimum absolute atomic E-state index is 0.0114. The van der Waals surface area contributed by atoms with Gasteiger partial charge in [-0.3, -0.25) is 9.59 Å². The summed E-state index contributed by atoms with van der Waals surface area (Å²) in [6.45, 7) is 4.96. The molecular formula is C70H135NO5. The Balaban J connectivity index is 3.33. The van der Waals surface area contributed by atoms with Gasteiger partial charge in [-0.1, -0.05) is 340 Å². The number of carbonyl (C=O) groups excluding carboxylic acids is 2. The third-order valence-corrected chi connectivity index (χ3v) is 16.3. The predicted molar refractivity (Wildman–Crippen MR) is 333 cm³/mol. The molecule has 0 aliphatic carbocycles. The first-order chi connectivity index (χ1) is 37.5. The lowest BCUT2D eigenvalue weighted by Gasteiger charge is -2.22. The fraction of sp³-hybridized carbons (Fsp3) is 0.914. The van der Waals surface area contributed by atoms with E-state index in [-0.39, 0.29) is 18.5 Å². The first-order valence-electron chi connectivity index (χ1n) is 34.6. The topological polar surface area (TPSA) is 95.9 Å². The summed E-state index contributed by atoms with van der Waals surface area (Å²) in [5.41, 5.74) is 0. The van der Waals surface area contributed by atoms with Crippen molar-refractivity contribution in [2.75, 3.05) is 13.2 Å². The van der Waals surface area contributed by atoms with Crippen molar-refractivity contribution in [2.24, 2.45) is 0 Å². The maximum atomic E-state index is 12.5. The average molecular weight is 1070 g/mol. The van der Waals surface area contributed by atoms with E-state index in [0.29, 0.717) is 25.9 Å². The Hall–Kier alpha value is -1.66. The van der Waals surface area contributed by atoms with Gasteiger partial charge in [0.25, 0.3) is 0 Å². The highest BCUT2D eigenvalue weighted by molar-refractivity contribution is 5.76. The van der Waals surface area contributed by atoms with E-state index in [4.69, 9.17) is 4.74 Å². The van der Waals surface area contributed by atoms with Gasteiger partial charge < -0.3 is 20.3 Å². The summed E-state index contributed by atoms with van der Waals surface area (Å²) in [5.74, 6) is -0.0185. The van der Waals surface area contributed by atoms with Crippen LogP contribution in [0.5, 0.6) is 0 Å². The Morgan fingerprint density at radius 2 is 0.658 bits per heavy atom. The van der Waals surface area contributed by atoms with Crippen LogP contribution in [0.4, 0.5) is 0 Å². The van der Waals surface area contributed by atoms with Gasteiger partial charge >= 0.3 is 5.97 Å². The molecule has 0 rings (SSSR count). The van der Waals surface area contributed by atoms with Gasteiger partial charge in [0.1, 0.15) is 0 Å². The Morgan fingerprint density at radius 1 is 0.368 bits per heavy atom. The van der Waals surface area contributed by atoms with Gasteiger partial charge in [0.15, 0.2) is 0 Å². The third kappa shape index (κ3) is 61.6. The summed E-state index contributed by atoms with van der Waals surface area (Å²) in [6, 6.07) is -0.539. The zero-order valence-corrected chi connectivity index (χ0v) is 51.5. The standard InChI is InChI=1S/C70H135NO5/c1-3-5-7-9-11-13-15-17-19-20-33-36-40-44-48-52-56-60-64-70(75)76-65-61-57-53-49-45-41-37-34-31-29-27-25-23-21-22-24-26-28-30-32-35-39-43-47-51-55-59-63-69(74)71-67(66-72)68(73)62-58-54-50-46-42-38-18-16-14-12-10-8-6-4-2/h13,15,19-20,67-68,72-73H,3-12,14,16-18,21-66H2,1-2H3,(H,71,74)/b15-13-,20-19-. The molecule has 0 saturated carbocycles. The number of allylic oxidation sites excluding steroid dienone is 4. The summed E-state index contributed by atoms with van der Waals surface area (Å²) in [4.78, 5) is 24.6. The monoisotopic (exact) mass is 1070 g/mol. The van der Waals surface area contributed by atoms with E-state index in [2.05, 4.69) is 43.5 Å². The largest absolute Gasteiger partial charge is 0.466 e. The van der Waals surface area contributed by atoms with Crippen LogP contribution in [0.15, 0.2) is 24.3 Å². The Labute approximate surface area is 475 Å². The third-order valence-electron chi connectivity index (χ3n) is 16.3. The first-order valence-corrected chi connectivity index (χ1v) is 34.6. The van der Waals surface area contributed by atoms with Gasteiger partial charge in [-0.25, -0.2) is 0 Å². The number of rotatable bonds is 65. The van der Waals surface area contributed by atoms with Crippen LogP contribution in [0.3, 0.4) is 0 Å². The van der Waals surface area contributed by atoms with Crippen LogP contribution in [0.2, 0.25) is 0 Å². The Bertz CT molecular complexity index is 1190. The van der Waals surface area contributed by atoms with Crippen molar-refractivity contribution in [2.45, 2.75) is 398 Å². The molecule has 0 saturated heterocycles. The van der Waals surface area contributed by atoms with Crippen LogP contribution < -0.4 is 5.32 Å². The molecule has 0 heterocycles. The molecule has 0 aromatic heterocycles. The molecule has 3 N–H and O–H groups in total. The zero-order chi connectivity index (χ0) is 55.0. The number of aliphatic hydroxyl groups excluding tert-OH is 2. The summed E-state index contributed by atoms with van der Waals surface area (Å²) in [6.07, 6.45) is 82.2. The molecule has 2 unspecified atom stereocenters. The van der Waals surface area contributed by atoms with Crippen molar-refractivity contribution in [3.8, 4) is 0 Å². The number of aliphatic hydroxyl groups is 2. The first kappa shape index (κ1) is 74.3. The molecule has 76 heavy (non-hydrogen) atoms. The van der Waals surface area contributed by atoms with Crippen LogP contribution >= 0.6 is 0 Å². The number of nitrogens with one attached hydrogen (secondary N) is 1. The molecular weight excluding hydrogens is 935 g/mol. The van der Waals surface area contributed by atoms with Crippen molar-refractivity contribution in [1.82, 2.24) is 5.32 Å². The normalized spacial score (nSPS) is 12.6. The summed E-state index contributed by atoms with van der Waals surface area (Å²) in [5, 5.41) is 23.3. The Morgan fingerprint density at radius 3 is 1.01 bits per heavy atom. The SMILES string of the molecule is CCCCCC/C=C\C/C=C\CCCCCCCCCC(=O)OCCCCCCCCCCCCCCCCCCCCCCCCCCCCCC(=O)NC(CO)C(O)CCCCCCCCCCCCCCCC. The minimum Gasteiger partial charge on any atom is -0.466 e. The molecule has 0 spiro atoms. The molecule has 450 valence electrons. The number of esters is 1. The van der Waals surface area contributed by atoms with Crippen molar-refractivity contribution in [3.05, 3.63) is 24.3 Å². The van der Waals surface area contributed by atoms with Gasteiger partial charge in [0, 0.05) is 12.8 Å². The van der Waals surface area contributed by atoms with E-state index in [9.17, 15) is 19.8 Å². The lowest BCUT2D eigenvalue weighted by Crippen LogP contribution is -2.45. The van der Waals surface area contributed by atoms with E-state index in [0.717, 1.165) is 51.4 Å².